The van der Waals surface area contributed by atoms with Gasteiger partial charge in [0.25, 0.3) is 0 Å². The topological polar surface area (TPSA) is 35.5 Å². The zero-order valence-corrected chi connectivity index (χ0v) is 13.6. The van der Waals surface area contributed by atoms with Crippen molar-refractivity contribution in [3.05, 3.63) is 18.0 Å². The molecule has 0 radical (unpaired) electrons. The largest absolute Gasteiger partial charge is 0.341 e. The van der Waals surface area contributed by atoms with Gasteiger partial charge >= 0.3 is 0 Å². The molecule has 5 heteroatoms. The Morgan fingerprint density at radius 1 is 1.14 bits per heavy atom. The predicted octanol–water partition coefficient (Wildman–Crippen LogP) is 1.75. The molecule has 1 aromatic rings. The molecular formula is C17H27N5. The first-order valence-corrected chi connectivity index (χ1v) is 8.84. The van der Waals surface area contributed by atoms with Crippen molar-refractivity contribution in [3.63, 3.8) is 0 Å². The van der Waals surface area contributed by atoms with Gasteiger partial charge in [0.15, 0.2) is 0 Å². The van der Waals surface area contributed by atoms with Crippen LogP contribution in [0.15, 0.2) is 12.3 Å². The number of anilines is 1. The van der Waals surface area contributed by atoms with Crippen molar-refractivity contribution >= 4 is 5.95 Å². The van der Waals surface area contributed by atoms with Gasteiger partial charge in [-0.25, -0.2) is 9.97 Å². The second kappa shape index (κ2) is 6.13. The van der Waals surface area contributed by atoms with Crippen LogP contribution in [-0.4, -0.2) is 64.6 Å². The Kier molecular flexibility index (Phi) is 4.01. The van der Waals surface area contributed by atoms with E-state index in [1.54, 1.807) is 0 Å². The molecule has 0 amide bonds. The number of fused-ring (bicyclic) bond motifs is 1. The highest BCUT2D eigenvalue weighted by Gasteiger charge is 2.34. The molecule has 3 fully saturated rings. The lowest BCUT2D eigenvalue weighted by Crippen LogP contribution is -2.54. The fourth-order valence-electron chi connectivity index (χ4n) is 4.22. The van der Waals surface area contributed by atoms with Gasteiger partial charge in [0.05, 0.1) is 5.69 Å². The van der Waals surface area contributed by atoms with Crippen molar-refractivity contribution in [2.24, 2.45) is 0 Å². The molecular weight excluding hydrogens is 274 g/mol. The van der Waals surface area contributed by atoms with E-state index in [9.17, 15) is 0 Å². The van der Waals surface area contributed by atoms with Crippen molar-refractivity contribution in [2.75, 3.05) is 37.6 Å². The molecule has 0 saturated carbocycles. The molecule has 0 unspecified atom stereocenters. The van der Waals surface area contributed by atoms with Crippen LogP contribution in [0.5, 0.6) is 0 Å². The van der Waals surface area contributed by atoms with Crippen molar-refractivity contribution in [2.45, 2.75) is 51.2 Å². The van der Waals surface area contributed by atoms with Crippen LogP contribution in [0.4, 0.5) is 5.95 Å². The summed E-state index contributed by atoms with van der Waals surface area (Å²) in [5.74, 6) is 0.933. The first-order valence-electron chi connectivity index (χ1n) is 8.84. The molecule has 4 heterocycles. The Labute approximate surface area is 133 Å². The molecule has 22 heavy (non-hydrogen) atoms. The first-order chi connectivity index (χ1) is 10.8. The second-order valence-corrected chi connectivity index (χ2v) is 7.11. The fourth-order valence-corrected chi connectivity index (χ4v) is 4.22. The molecule has 120 valence electrons. The van der Waals surface area contributed by atoms with Gasteiger partial charge < -0.3 is 4.90 Å². The Morgan fingerprint density at radius 2 is 2.00 bits per heavy atom. The van der Waals surface area contributed by atoms with Crippen LogP contribution >= 0.6 is 0 Å². The summed E-state index contributed by atoms with van der Waals surface area (Å²) in [5, 5.41) is 0. The Morgan fingerprint density at radius 3 is 2.86 bits per heavy atom. The third-order valence-corrected chi connectivity index (χ3v) is 5.52. The summed E-state index contributed by atoms with van der Waals surface area (Å²) in [7, 11) is 0. The minimum atomic E-state index is 0.625. The number of hydrogen-bond donors (Lipinski definition) is 0. The second-order valence-electron chi connectivity index (χ2n) is 7.11. The maximum absolute atomic E-state index is 4.83. The smallest absolute Gasteiger partial charge is 0.225 e. The summed E-state index contributed by atoms with van der Waals surface area (Å²) in [6.07, 6.45) is 7.22. The highest BCUT2D eigenvalue weighted by atomic mass is 15.3. The molecule has 4 rings (SSSR count). The lowest BCUT2D eigenvalue weighted by molar-refractivity contribution is 0.0532. The summed E-state index contributed by atoms with van der Waals surface area (Å²) in [6, 6.07) is 3.49. The summed E-state index contributed by atoms with van der Waals surface area (Å²) < 4.78 is 0. The predicted molar refractivity (Wildman–Crippen MR) is 87.9 cm³/mol. The molecule has 0 aliphatic carbocycles. The average molecular weight is 301 g/mol. The fraction of sp³-hybridized carbons (Fsp3) is 0.765. The van der Waals surface area contributed by atoms with Gasteiger partial charge in [-0.15, -0.1) is 0 Å². The van der Waals surface area contributed by atoms with Gasteiger partial charge in [-0.2, -0.15) is 0 Å². The maximum atomic E-state index is 4.83. The Balaban J connectivity index is 1.45. The van der Waals surface area contributed by atoms with E-state index in [0.717, 1.165) is 31.6 Å². The van der Waals surface area contributed by atoms with Crippen LogP contribution < -0.4 is 4.90 Å². The van der Waals surface area contributed by atoms with Gasteiger partial charge in [0, 0.05) is 51.0 Å². The van der Waals surface area contributed by atoms with Gasteiger partial charge in [-0.1, -0.05) is 0 Å². The van der Waals surface area contributed by atoms with Gasteiger partial charge in [0.1, 0.15) is 0 Å². The number of nitrogens with zero attached hydrogens (tertiary/aromatic N) is 5. The van der Waals surface area contributed by atoms with E-state index in [1.807, 2.05) is 6.20 Å². The van der Waals surface area contributed by atoms with Crippen molar-refractivity contribution < 1.29 is 0 Å². The average Bonchev–Trinajstić information content (AvgIpc) is 3.19. The molecule has 3 aliphatic heterocycles. The standard InChI is InChI=1S/C17H27N5/c1-14-11-21-10-4-5-16(21)13-22(14)12-15-6-7-18-17(19-15)20-8-2-3-9-20/h6-7,14,16H,2-5,8-13H2,1H3/t14-,16-/m1/s1. The molecule has 1 aromatic heterocycles. The lowest BCUT2D eigenvalue weighted by Gasteiger charge is -2.42. The molecule has 0 bridgehead atoms. The lowest BCUT2D eigenvalue weighted by atomic mass is 10.1. The molecule has 0 N–H and O–H groups in total. The minimum Gasteiger partial charge on any atom is -0.341 e. The number of hydrogen-bond acceptors (Lipinski definition) is 5. The molecule has 5 nitrogen and oxygen atoms in total. The van der Waals surface area contributed by atoms with Crippen molar-refractivity contribution in [1.82, 2.24) is 19.8 Å². The maximum Gasteiger partial charge on any atom is 0.225 e. The quantitative estimate of drug-likeness (QED) is 0.850. The van der Waals surface area contributed by atoms with E-state index < -0.39 is 0 Å². The van der Waals surface area contributed by atoms with E-state index in [0.29, 0.717) is 6.04 Å². The number of rotatable bonds is 3. The van der Waals surface area contributed by atoms with Crippen molar-refractivity contribution in [3.8, 4) is 0 Å². The zero-order valence-electron chi connectivity index (χ0n) is 13.6. The van der Waals surface area contributed by atoms with Crippen LogP contribution in [0, 0.1) is 0 Å². The normalized spacial score (nSPS) is 30.0. The molecule has 3 saturated heterocycles. The van der Waals surface area contributed by atoms with E-state index in [4.69, 9.17) is 4.98 Å². The van der Waals surface area contributed by atoms with Gasteiger partial charge in [-0.3, -0.25) is 9.80 Å². The third kappa shape index (κ3) is 2.84. The molecule has 3 aliphatic rings. The first kappa shape index (κ1) is 14.4. The minimum absolute atomic E-state index is 0.625. The van der Waals surface area contributed by atoms with Crippen LogP contribution in [0.1, 0.15) is 38.3 Å². The third-order valence-electron chi connectivity index (χ3n) is 5.52. The molecule has 0 aromatic carbocycles. The van der Waals surface area contributed by atoms with E-state index in [2.05, 4.69) is 32.7 Å². The monoisotopic (exact) mass is 301 g/mol. The summed E-state index contributed by atoms with van der Waals surface area (Å²) >= 11 is 0. The zero-order chi connectivity index (χ0) is 14.9. The summed E-state index contributed by atoms with van der Waals surface area (Å²) in [6.45, 7) is 9.27. The summed E-state index contributed by atoms with van der Waals surface area (Å²) in [5.41, 5.74) is 1.18. The van der Waals surface area contributed by atoms with Crippen LogP contribution in [0.3, 0.4) is 0 Å². The molecule has 2 atom stereocenters. The Bertz CT molecular complexity index is 514. The van der Waals surface area contributed by atoms with Crippen LogP contribution in [-0.2, 0) is 6.54 Å². The van der Waals surface area contributed by atoms with E-state index in [-0.39, 0.29) is 0 Å². The van der Waals surface area contributed by atoms with Crippen LogP contribution in [0.25, 0.3) is 0 Å². The SMILES string of the molecule is C[C@@H]1CN2CCC[C@@H]2CN1Cc1ccnc(N2CCCC2)n1. The number of aromatic nitrogens is 2. The van der Waals surface area contributed by atoms with Gasteiger partial charge in [0.2, 0.25) is 5.95 Å². The van der Waals surface area contributed by atoms with Crippen molar-refractivity contribution in [1.29, 1.82) is 0 Å². The highest BCUT2D eigenvalue weighted by molar-refractivity contribution is 5.31. The van der Waals surface area contributed by atoms with Gasteiger partial charge in [-0.05, 0) is 45.2 Å². The highest BCUT2D eigenvalue weighted by Crippen LogP contribution is 2.25. The number of piperazine rings is 1. The molecule has 0 spiro atoms. The van der Waals surface area contributed by atoms with Crippen LogP contribution in [0.2, 0.25) is 0 Å². The Hall–Kier alpha value is -1.20. The summed E-state index contributed by atoms with van der Waals surface area (Å²) in [4.78, 5) is 16.9. The van der Waals surface area contributed by atoms with E-state index >= 15 is 0 Å². The van der Waals surface area contributed by atoms with E-state index in [1.165, 1.54) is 51.0 Å².